The Labute approximate surface area is 157 Å². The fourth-order valence-electron chi connectivity index (χ4n) is 2.37. The molecule has 3 aromatic rings. The number of amides is 1. The lowest BCUT2D eigenvalue weighted by atomic mass is 10.2. The number of carbonyl (C=O) groups excluding carboxylic acids is 1. The molecular weight excluding hydrogens is 364 g/mol. The average Bonchev–Trinajstić information content (AvgIpc) is 2.70. The SMILES string of the molecule is CNS(=O)(=O)c1ccc(C(=O)Nc2ccccc2Oc2ccccc2)cc1. The molecule has 0 aromatic heterocycles. The van der Waals surface area contributed by atoms with Gasteiger partial charge in [0.25, 0.3) is 5.91 Å². The fourth-order valence-corrected chi connectivity index (χ4v) is 3.10. The van der Waals surface area contributed by atoms with Crippen LogP contribution in [0.5, 0.6) is 11.5 Å². The number of carbonyl (C=O) groups is 1. The highest BCUT2D eigenvalue weighted by molar-refractivity contribution is 7.89. The van der Waals surface area contributed by atoms with Crippen molar-refractivity contribution in [3.63, 3.8) is 0 Å². The van der Waals surface area contributed by atoms with E-state index in [4.69, 9.17) is 4.74 Å². The molecule has 0 saturated heterocycles. The maximum atomic E-state index is 12.5. The highest BCUT2D eigenvalue weighted by Gasteiger charge is 2.14. The standard InChI is InChI=1S/C20H18N2O4S/c1-21-27(24,25)17-13-11-15(12-14-17)20(23)22-18-9-5-6-10-19(18)26-16-7-3-2-4-8-16/h2-14,21H,1H3,(H,22,23). The average molecular weight is 382 g/mol. The van der Waals surface area contributed by atoms with E-state index in [1.807, 2.05) is 36.4 Å². The lowest BCUT2D eigenvalue weighted by molar-refractivity contribution is 0.102. The van der Waals surface area contributed by atoms with Gasteiger partial charge in [-0.2, -0.15) is 0 Å². The van der Waals surface area contributed by atoms with Gasteiger partial charge in [0.2, 0.25) is 10.0 Å². The van der Waals surface area contributed by atoms with Crippen LogP contribution >= 0.6 is 0 Å². The summed E-state index contributed by atoms with van der Waals surface area (Å²) >= 11 is 0. The van der Waals surface area contributed by atoms with Crippen molar-refractivity contribution < 1.29 is 17.9 Å². The second-order valence-corrected chi connectivity index (χ2v) is 7.48. The van der Waals surface area contributed by atoms with Gasteiger partial charge in [0, 0.05) is 5.56 Å². The van der Waals surface area contributed by atoms with Crippen molar-refractivity contribution in [1.82, 2.24) is 4.72 Å². The van der Waals surface area contributed by atoms with Crippen LogP contribution in [-0.4, -0.2) is 21.4 Å². The van der Waals surface area contributed by atoms with E-state index in [1.165, 1.54) is 31.3 Å². The first-order chi connectivity index (χ1) is 13.0. The number of hydrogen-bond acceptors (Lipinski definition) is 4. The monoisotopic (exact) mass is 382 g/mol. The summed E-state index contributed by atoms with van der Waals surface area (Å²) < 4.78 is 31.6. The highest BCUT2D eigenvalue weighted by Crippen LogP contribution is 2.29. The quantitative estimate of drug-likeness (QED) is 0.682. The molecule has 0 heterocycles. The third-order valence-corrected chi connectivity index (χ3v) is 5.23. The van der Waals surface area contributed by atoms with Crippen LogP contribution in [0, 0.1) is 0 Å². The Hall–Kier alpha value is -3.16. The Kier molecular flexibility index (Phi) is 5.54. The van der Waals surface area contributed by atoms with E-state index in [1.54, 1.807) is 18.2 Å². The first-order valence-electron chi connectivity index (χ1n) is 8.16. The van der Waals surface area contributed by atoms with Gasteiger partial charge in [-0.05, 0) is 55.6 Å². The van der Waals surface area contributed by atoms with Gasteiger partial charge in [-0.25, -0.2) is 13.1 Å². The van der Waals surface area contributed by atoms with Crippen molar-refractivity contribution in [1.29, 1.82) is 0 Å². The second-order valence-electron chi connectivity index (χ2n) is 5.60. The van der Waals surface area contributed by atoms with Crippen LogP contribution in [0.15, 0.2) is 83.8 Å². The molecule has 27 heavy (non-hydrogen) atoms. The topological polar surface area (TPSA) is 84.5 Å². The summed E-state index contributed by atoms with van der Waals surface area (Å²) in [6.45, 7) is 0. The summed E-state index contributed by atoms with van der Waals surface area (Å²) in [6.07, 6.45) is 0. The first kappa shape index (κ1) is 18.6. The predicted molar refractivity (Wildman–Crippen MR) is 104 cm³/mol. The second kappa shape index (κ2) is 8.03. The van der Waals surface area contributed by atoms with Gasteiger partial charge in [-0.3, -0.25) is 4.79 Å². The van der Waals surface area contributed by atoms with Gasteiger partial charge in [-0.15, -0.1) is 0 Å². The maximum Gasteiger partial charge on any atom is 0.255 e. The van der Waals surface area contributed by atoms with E-state index in [-0.39, 0.29) is 10.8 Å². The van der Waals surface area contributed by atoms with Crippen LogP contribution in [0.2, 0.25) is 0 Å². The number of ether oxygens (including phenoxy) is 1. The molecule has 0 aliphatic carbocycles. The van der Waals surface area contributed by atoms with Crippen LogP contribution in [0.1, 0.15) is 10.4 Å². The van der Waals surface area contributed by atoms with E-state index in [0.29, 0.717) is 22.7 Å². The normalized spacial score (nSPS) is 11.0. The zero-order chi connectivity index (χ0) is 19.3. The van der Waals surface area contributed by atoms with E-state index < -0.39 is 10.0 Å². The Morgan fingerprint density at radius 3 is 2.15 bits per heavy atom. The van der Waals surface area contributed by atoms with Gasteiger partial charge in [0.1, 0.15) is 5.75 Å². The summed E-state index contributed by atoms with van der Waals surface area (Å²) in [6, 6.07) is 22.0. The van der Waals surface area contributed by atoms with Crippen LogP contribution in [0.3, 0.4) is 0 Å². The van der Waals surface area contributed by atoms with E-state index in [0.717, 1.165) is 0 Å². The van der Waals surface area contributed by atoms with Crippen molar-refractivity contribution in [3.8, 4) is 11.5 Å². The molecule has 0 bridgehead atoms. The first-order valence-corrected chi connectivity index (χ1v) is 9.65. The van der Waals surface area contributed by atoms with Crippen LogP contribution in [0.4, 0.5) is 5.69 Å². The molecule has 0 aliphatic rings. The molecule has 2 N–H and O–H groups in total. The van der Waals surface area contributed by atoms with Gasteiger partial charge >= 0.3 is 0 Å². The summed E-state index contributed by atoms with van der Waals surface area (Å²) in [5.74, 6) is 0.791. The summed E-state index contributed by atoms with van der Waals surface area (Å²) in [5.41, 5.74) is 0.845. The lowest BCUT2D eigenvalue weighted by Gasteiger charge is -2.12. The van der Waals surface area contributed by atoms with Crippen molar-refractivity contribution in [2.24, 2.45) is 0 Å². The number of hydrogen-bond donors (Lipinski definition) is 2. The molecule has 138 valence electrons. The maximum absolute atomic E-state index is 12.5. The molecule has 0 radical (unpaired) electrons. The molecule has 3 rings (SSSR count). The summed E-state index contributed by atoms with van der Waals surface area (Å²) in [7, 11) is -2.21. The molecule has 7 heteroatoms. The Balaban J connectivity index is 1.78. The number of anilines is 1. The molecular formula is C20H18N2O4S. The van der Waals surface area contributed by atoms with Gasteiger partial charge < -0.3 is 10.1 Å². The Morgan fingerprint density at radius 2 is 1.48 bits per heavy atom. The summed E-state index contributed by atoms with van der Waals surface area (Å²) in [5, 5.41) is 2.79. The number of rotatable bonds is 6. The molecule has 0 aliphatic heterocycles. The van der Waals surface area contributed by atoms with Crippen molar-refractivity contribution in [2.45, 2.75) is 4.90 Å². The lowest BCUT2D eigenvalue weighted by Crippen LogP contribution is -2.19. The number of benzene rings is 3. The van der Waals surface area contributed by atoms with Crippen LogP contribution in [0.25, 0.3) is 0 Å². The molecule has 0 fully saturated rings. The van der Waals surface area contributed by atoms with Gasteiger partial charge in [0.05, 0.1) is 10.6 Å². The minimum Gasteiger partial charge on any atom is -0.455 e. The van der Waals surface area contributed by atoms with Crippen molar-refractivity contribution >= 4 is 21.6 Å². The third kappa shape index (κ3) is 4.52. The van der Waals surface area contributed by atoms with E-state index in [2.05, 4.69) is 10.0 Å². The van der Waals surface area contributed by atoms with E-state index in [9.17, 15) is 13.2 Å². The molecule has 0 spiro atoms. The molecule has 1 amide bonds. The Morgan fingerprint density at radius 1 is 0.852 bits per heavy atom. The largest absolute Gasteiger partial charge is 0.455 e. The van der Waals surface area contributed by atoms with Crippen LogP contribution in [-0.2, 0) is 10.0 Å². The molecule has 0 unspecified atom stereocenters. The smallest absolute Gasteiger partial charge is 0.255 e. The minimum absolute atomic E-state index is 0.0920. The fraction of sp³-hybridized carbons (Fsp3) is 0.0500. The van der Waals surface area contributed by atoms with Crippen molar-refractivity contribution in [2.75, 3.05) is 12.4 Å². The Bertz CT molecular complexity index is 1030. The predicted octanol–water partition coefficient (Wildman–Crippen LogP) is 3.64. The molecule has 6 nitrogen and oxygen atoms in total. The number of nitrogens with one attached hydrogen (secondary N) is 2. The van der Waals surface area contributed by atoms with Crippen molar-refractivity contribution in [3.05, 3.63) is 84.4 Å². The van der Waals surface area contributed by atoms with Crippen LogP contribution < -0.4 is 14.8 Å². The minimum atomic E-state index is -3.54. The number of sulfonamides is 1. The summed E-state index contributed by atoms with van der Waals surface area (Å²) in [4.78, 5) is 12.6. The third-order valence-electron chi connectivity index (χ3n) is 3.80. The molecule has 0 atom stereocenters. The van der Waals surface area contributed by atoms with Gasteiger partial charge in [0.15, 0.2) is 5.75 Å². The number of para-hydroxylation sites is 3. The van der Waals surface area contributed by atoms with E-state index >= 15 is 0 Å². The molecule has 3 aromatic carbocycles. The molecule has 0 saturated carbocycles. The zero-order valence-electron chi connectivity index (χ0n) is 14.5. The van der Waals surface area contributed by atoms with Gasteiger partial charge in [-0.1, -0.05) is 30.3 Å². The zero-order valence-corrected chi connectivity index (χ0v) is 15.4. The highest BCUT2D eigenvalue weighted by atomic mass is 32.2.